The molecule has 1 aromatic carbocycles. The maximum Gasteiger partial charge on any atom is 0.245 e. The number of nitrogens with one attached hydrogen (secondary N) is 1. The number of carbonyl (C=O) groups is 1. The molecule has 1 aliphatic rings. The SMILES string of the molecule is CC1NC(c2ccccc2)C(=O)N1CC(C)C(C)(C)C. The summed E-state index contributed by atoms with van der Waals surface area (Å²) >= 11 is 0. The number of hydrogen-bond acceptors (Lipinski definition) is 2. The molecule has 0 spiro atoms. The minimum absolute atomic E-state index is 0.0949. The maximum atomic E-state index is 12.6. The van der Waals surface area contributed by atoms with E-state index in [2.05, 4.69) is 39.9 Å². The van der Waals surface area contributed by atoms with Crippen LogP contribution in [-0.2, 0) is 4.79 Å². The number of rotatable bonds is 3. The van der Waals surface area contributed by atoms with Gasteiger partial charge in [0, 0.05) is 6.54 Å². The second-order valence-electron chi connectivity index (χ2n) is 6.94. The van der Waals surface area contributed by atoms with Gasteiger partial charge in [-0.25, -0.2) is 0 Å². The molecule has 1 saturated heterocycles. The average molecular weight is 274 g/mol. The molecule has 1 aliphatic heterocycles. The van der Waals surface area contributed by atoms with Crippen molar-refractivity contribution >= 4 is 5.91 Å². The van der Waals surface area contributed by atoms with Crippen LogP contribution in [0, 0.1) is 11.3 Å². The van der Waals surface area contributed by atoms with Crippen molar-refractivity contribution in [2.75, 3.05) is 6.54 Å². The Balaban J connectivity index is 2.12. The number of nitrogens with zero attached hydrogens (tertiary/aromatic N) is 1. The first-order chi connectivity index (χ1) is 9.30. The van der Waals surface area contributed by atoms with Crippen molar-refractivity contribution in [2.24, 2.45) is 11.3 Å². The first-order valence-corrected chi connectivity index (χ1v) is 7.42. The van der Waals surface area contributed by atoms with E-state index >= 15 is 0 Å². The number of benzene rings is 1. The van der Waals surface area contributed by atoms with Crippen molar-refractivity contribution in [1.29, 1.82) is 0 Å². The highest BCUT2D eigenvalue weighted by molar-refractivity contribution is 5.85. The van der Waals surface area contributed by atoms with Crippen LogP contribution in [0.1, 0.15) is 46.2 Å². The highest BCUT2D eigenvalue weighted by Gasteiger charge is 2.38. The molecule has 0 bridgehead atoms. The fraction of sp³-hybridized carbons (Fsp3) is 0.588. The smallest absolute Gasteiger partial charge is 0.245 e. The van der Waals surface area contributed by atoms with Crippen LogP contribution in [-0.4, -0.2) is 23.5 Å². The summed E-state index contributed by atoms with van der Waals surface area (Å²) < 4.78 is 0. The van der Waals surface area contributed by atoms with Crippen LogP contribution < -0.4 is 5.32 Å². The molecule has 3 atom stereocenters. The Morgan fingerprint density at radius 1 is 1.25 bits per heavy atom. The van der Waals surface area contributed by atoms with Gasteiger partial charge in [0.2, 0.25) is 5.91 Å². The third-order valence-electron chi connectivity index (χ3n) is 4.49. The van der Waals surface area contributed by atoms with Gasteiger partial charge in [0.1, 0.15) is 6.04 Å². The molecule has 1 aromatic rings. The molecular formula is C17H26N2O. The van der Waals surface area contributed by atoms with Crippen molar-refractivity contribution in [2.45, 2.75) is 46.8 Å². The van der Waals surface area contributed by atoms with Crippen molar-refractivity contribution in [3.05, 3.63) is 35.9 Å². The summed E-state index contributed by atoms with van der Waals surface area (Å²) in [5, 5.41) is 3.40. The van der Waals surface area contributed by atoms with E-state index in [1.54, 1.807) is 0 Å². The summed E-state index contributed by atoms with van der Waals surface area (Å²) in [7, 11) is 0. The highest BCUT2D eigenvalue weighted by Crippen LogP contribution is 2.30. The van der Waals surface area contributed by atoms with E-state index in [-0.39, 0.29) is 23.5 Å². The van der Waals surface area contributed by atoms with Crippen LogP contribution >= 0.6 is 0 Å². The van der Waals surface area contributed by atoms with Gasteiger partial charge in [-0.3, -0.25) is 10.1 Å². The van der Waals surface area contributed by atoms with Gasteiger partial charge in [0.15, 0.2) is 0 Å². The molecule has 20 heavy (non-hydrogen) atoms. The van der Waals surface area contributed by atoms with E-state index in [1.807, 2.05) is 35.2 Å². The zero-order valence-corrected chi connectivity index (χ0v) is 13.2. The van der Waals surface area contributed by atoms with Crippen LogP contribution in [0.15, 0.2) is 30.3 Å². The first-order valence-electron chi connectivity index (χ1n) is 7.42. The second kappa shape index (κ2) is 5.57. The summed E-state index contributed by atoms with van der Waals surface area (Å²) in [4.78, 5) is 14.6. The van der Waals surface area contributed by atoms with Crippen molar-refractivity contribution < 1.29 is 4.79 Å². The fourth-order valence-corrected chi connectivity index (χ4v) is 2.46. The Bertz CT molecular complexity index is 464. The molecular weight excluding hydrogens is 248 g/mol. The predicted molar refractivity (Wildman–Crippen MR) is 82.1 cm³/mol. The van der Waals surface area contributed by atoms with E-state index in [4.69, 9.17) is 0 Å². The molecule has 0 aromatic heterocycles. The lowest BCUT2D eigenvalue weighted by atomic mass is 9.82. The standard InChI is InChI=1S/C17H26N2O/c1-12(17(3,4)5)11-19-13(2)18-15(16(19)20)14-9-7-6-8-10-14/h6-10,12-13,15,18H,11H2,1-5H3. The zero-order valence-electron chi connectivity index (χ0n) is 13.2. The quantitative estimate of drug-likeness (QED) is 0.918. The van der Waals surface area contributed by atoms with E-state index in [1.165, 1.54) is 0 Å². The maximum absolute atomic E-state index is 12.6. The molecule has 1 amide bonds. The topological polar surface area (TPSA) is 32.3 Å². The minimum Gasteiger partial charge on any atom is -0.325 e. The number of carbonyl (C=O) groups excluding carboxylic acids is 1. The van der Waals surface area contributed by atoms with Crippen molar-refractivity contribution in [3.63, 3.8) is 0 Å². The third-order valence-corrected chi connectivity index (χ3v) is 4.49. The molecule has 3 nitrogen and oxygen atoms in total. The van der Waals surface area contributed by atoms with Gasteiger partial charge in [0.25, 0.3) is 0 Å². The summed E-state index contributed by atoms with van der Waals surface area (Å²) in [5.74, 6) is 0.657. The van der Waals surface area contributed by atoms with Gasteiger partial charge in [-0.15, -0.1) is 0 Å². The lowest BCUT2D eigenvalue weighted by Gasteiger charge is -2.32. The van der Waals surface area contributed by atoms with Gasteiger partial charge in [-0.2, -0.15) is 0 Å². The Morgan fingerprint density at radius 2 is 1.85 bits per heavy atom. The monoisotopic (exact) mass is 274 g/mol. The van der Waals surface area contributed by atoms with E-state index < -0.39 is 0 Å². The molecule has 3 heteroatoms. The summed E-state index contributed by atoms with van der Waals surface area (Å²) in [5.41, 5.74) is 1.26. The molecule has 1 fully saturated rings. The molecule has 3 unspecified atom stereocenters. The fourth-order valence-electron chi connectivity index (χ4n) is 2.46. The predicted octanol–water partition coefficient (Wildman–Crippen LogP) is 3.19. The van der Waals surface area contributed by atoms with E-state index in [0.717, 1.165) is 12.1 Å². The molecule has 110 valence electrons. The zero-order chi connectivity index (χ0) is 14.9. The van der Waals surface area contributed by atoms with E-state index in [0.29, 0.717) is 5.92 Å². The summed E-state index contributed by atoms with van der Waals surface area (Å²) in [6.45, 7) is 11.8. The molecule has 2 rings (SSSR count). The first kappa shape index (κ1) is 15.0. The second-order valence-corrected chi connectivity index (χ2v) is 6.94. The largest absolute Gasteiger partial charge is 0.325 e. The normalized spacial score (nSPS) is 25.1. The molecule has 0 saturated carbocycles. The van der Waals surface area contributed by atoms with Gasteiger partial charge in [0.05, 0.1) is 6.17 Å². The van der Waals surface area contributed by atoms with E-state index in [9.17, 15) is 4.79 Å². The summed E-state index contributed by atoms with van der Waals surface area (Å²) in [6.07, 6.45) is 0.0949. The van der Waals surface area contributed by atoms with Crippen LogP contribution in [0.25, 0.3) is 0 Å². The van der Waals surface area contributed by atoms with Crippen LogP contribution in [0.4, 0.5) is 0 Å². The van der Waals surface area contributed by atoms with Crippen LogP contribution in [0.3, 0.4) is 0 Å². The Kier molecular flexibility index (Phi) is 4.19. The van der Waals surface area contributed by atoms with Gasteiger partial charge < -0.3 is 4.90 Å². The lowest BCUT2D eigenvalue weighted by molar-refractivity contribution is -0.130. The highest BCUT2D eigenvalue weighted by atomic mass is 16.2. The average Bonchev–Trinajstić information content (AvgIpc) is 2.66. The summed E-state index contributed by atoms with van der Waals surface area (Å²) in [6, 6.07) is 9.77. The Labute approximate surface area is 122 Å². The Morgan fingerprint density at radius 3 is 2.40 bits per heavy atom. The third kappa shape index (κ3) is 3.04. The number of hydrogen-bond donors (Lipinski definition) is 1. The minimum atomic E-state index is -0.196. The van der Waals surface area contributed by atoms with Gasteiger partial charge in [-0.1, -0.05) is 58.0 Å². The number of amides is 1. The molecule has 0 aliphatic carbocycles. The molecule has 0 radical (unpaired) electrons. The van der Waals surface area contributed by atoms with Crippen molar-refractivity contribution in [1.82, 2.24) is 10.2 Å². The van der Waals surface area contributed by atoms with Crippen LogP contribution in [0.5, 0.6) is 0 Å². The van der Waals surface area contributed by atoms with Gasteiger partial charge >= 0.3 is 0 Å². The molecule has 1 heterocycles. The van der Waals surface area contributed by atoms with Crippen LogP contribution in [0.2, 0.25) is 0 Å². The van der Waals surface area contributed by atoms with Crippen molar-refractivity contribution in [3.8, 4) is 0 Å². The van der Waals surface area contributed by atoms with Gasteiger partial charge in [-0.05, 0) is 23.8 Å². The lowest BCUT2D eigenvalue weighted by Crippen LogP contribution is -2.40. The molecule has 1 N–H and O–H groups in total. The Hall–Kier alpha value is -1.35.